The van der Waals surface area contributed by atoms with Gasteiger partial charge in [-0.05, 0) is 26.8 Å². The Labute approximate surface area is 68.5 Å². The largest absolute Gasteiger partial charge is 0.224 e. The lowest BCUT2D eigenvalue weighted by atomic mass is 10.3. The van der Waals surface area contributed by atoms with Crippen LogP contribution in [0.5, 0.6) is 0 Å². The smallest absolute Gasteiger partial charge is 0.171 e. The van der Waals surface area contributed by atoms with Crippen molar-refractivity contribution in [2.24, 2.45) is 0 Å². The summed E-state index contributed by atoms with van der Waals surface area (Å²) in [6, 6.07) is 0. The van der Waals surface area contributed by atoms with Crippen LogP contribution in [0.15, 0.2) is 22.6 Å². The molecule has 0 spiro atoms. The van der Waals surface area contributed by atoms with Gasteiger partial charge in [0.15, 0.2) is 9.84 Å². The second-order valence-corrected chi connectivity index (χ2v) is 4.98. The zero-order chi connectivity index (χ0) is 9.07. The van der Waals surface area contributed by atoms with Crippen molar-refractivity contribution in [3.63, 3.8) is 0 Å². The third-order valence-corrected chi connectivity index (χ3v) is 2.54. The highest BCUT2D eigenvalue weighted by Gasteiger charge is 2.01. The first-order chi connectivity index (χ1) is 4.84. The van der Waals surface area contributed by atoms with E-state index in [9.17, 15) is 8.42 Å². The molecule has 0 aromatic carbocycles. The van der Waals surface area contributed by atoms with Gasteiger partial charge in [-0.25, -0.2) is 8.42 Å². The van der Waals surface area contributed by atoms with Crippen LogP contribution in [0.3, 0.4) is 0 Å². The first-order valence-electron chi connectivity index (χ1n) is 3.36. The van der Waals surface area contributed by atoms with Gasteiger partial charge in [-0.15, -0.1) is 0 Å². The number of hydrogen-bond donors (Lipinski definition) is 0. The highest BCUT2D eigenvalue weighted by Crippen LogP contribution is 2.03. The summed E-state index contributed by atoms with van der Waals surface area (Å²) in [6.07, 6.45) is 4.61. The summed E-state index contributed by atoms with van der Waals surface area (Å²) in [7, 11) is -2.98. The van der Waals surface area contributed by atoms with Gasteiger partial charge in [0.2, 0.25) is 0 Å². The number of hydrogen-bond acceptors (Lipinski definition) is 2. The SMILES string of the molecule is CC(C)=CC=C(C)S(C)(=O)=O. The average molecular weight is 174 g/mol. The maximum atomic E-state index is 10.8. The molecule has 0 saturated carbocycles. The zero-order valence-electron chi connectivity index (χ0n) is 7.38. The summed E-state index contributed by atoms with van der Waals surface area (Å²) in [5.74, 6) is 0. The fourth-order valence-electron chi connectivity index (χ4n) is 0.408. The Hall–Kier alpha value is -0.570. The molecular weight excluding hydrogens is 160 g/mol. The van der Waals surface area contributed by atoms with Crippen molar-refractivity contribution in [2.75, 3.05) is 6.26 Å². The van der Waals surface area contributed by atoms with Crippen molar-refractivity contribution in [3.05, 3.63) is 22.6 Å². The lowest BCUT2D eigenvalue weighted by Crippen LogP contribution is -1.95. The molecule has 3 heteroatoms. The van der Waals surface area contributed by atoms with Gasteiger partial charge in [0.05, 0.1) is 0 Å². The second kappa shape index (κ2) is 3.72. The minimum Gasteiger partial charge on any atom is -0.224 e. The molecule has 11 heavy (non-hydrogen) atoms. The van der Waals surface area contributed by atoms with E-state index in [1.807, 2.05) is 13.8 Å². The van der Waals surface area contributed by atoms with Gasteiger partial charge >= 0.3 is 0 Å². The molecule has 0 fully saturated rings. The van der Waals surface area contributed by atoms with E-state index in [-0.39, 0.29) is 0 Å². The maximum Gasteiger partial charge on any atom is 0.171 e. The van der Waals surface area contributed by atoms with Crippen molar-refractivity contribution < 1.29 is 8.42 Å². The molecule has 0 aliphatic carbocycles. The van der Waals surface area contributed by atoms with Crippen molar-refractivity contribution in [1.82, 2.24) is 0 Å². The van der Waals surface area contributed by atoms with E-state index < -0.39 is 9.84 Å². The lowest BCUT2D eigenvalue weighted by Gasteiger charge is -1.93. The molecule has 0 aromatic rings. The first kappa shape index (κ1) is 10.4. The highest BCUT2D eigenvalue weighted by atomic mass is 32.2. The first-order valence-corrected chi connectivity index (χ1v) is 5.25. The van der Waals surface area contributed by atoms with Gasteiger partial charge in [-0.2, -0.15) is 0 Å². The molecular formula is C8H14O2S. The summed E-state index contributed by atoms with van der Waals surface area (Å²) in [5, 5.41) is 0. The topological polar surface area (TPSA) is 34.1 Å². The summed E-state index contributed by atoms with van der Waals surface area (Å²) in [4.78, 5) is 0.402. The molecule has 0 aliphatic rings. The molecule has 0 aromatic heterocycles. The molecule has 0 amide bonds. The third kappa shape index (κ3) is 4.79. The molecule has 0 aliphatic heterocycles. The van der Waals surface area contributed by atoms with E-state index in [1.54, 1.807) is 19.1 Å². The molecule has 0 N–H and O–H groups in total. The van der Waals surface area contributed by atoms with E-state index in [0.717, 1.165) is 5.57 Å². The molecule has 0 atom stereocenters. The van der Waals surface area contributed by atoms with Crippen LogP contribution in [0.25, 0.3) is 0 Å². The van der Waals surface area contributed by atoms with Crippen molar-refractivity contribution >= 4 is 9.84 Å². The van der Waals surface area contributed by atoms with Crippen LogP contribution in [-0.2, 0) is 9.84 Å². The van der Waals surface area contributed by atoms with Crippen LogP contribution in [0.4, 0.5) is 0 Å². The monoisotopic (exact) mass is 174 g/mol. The fraction of sp³-hybridized carbons (Fsp3) is 0.500. The van der Waals surface area contributed by atoms with Crippen LogP contribution in [-0.4, -0.2) is 14.7 Å². The fourth-order valence-corrected chi connectivity index (χ4v) is 0.723. The van der Waals surface area contributed by atoms with E-state index >= 15 is 0 Å². The lowest BCUT2D eigenvalue weighted by molar-refractivity contribution is 0.607. The minimum atomic E-state index is -2.98. The average Bonchev–Trinajstić information content (AvgIpc) is 1.80. The normalized spacial score (nSPS) is 12.9. The highest BCUT2D eigenvalue weighted by molar-refractivity contribution is 7.94. The van der Waals surface area contributed by atoms with Gasteiger partial charge < -0.3 is 0 Å². The molecule has 0 radical (unpaired) electrons. The standard InChI is InChI=1S/C8H14O2S/c1-7(2)5-6-8(3)11(4,9)10/h5-6H,1-4H3. The number of sulfone groups is 1. The van der Waals surface area contributed by atoms with Gasteiger partial charge in [-0.3, -0.25) is 0 Å². The Morgan fingerprint density at radius 3 is 1.82 bits per heavy atom. The molecule has 0 saturated heterocycles. The van der Waals surface area contributed by atoms with E-state index in [1.165, 1.54) is 6.26 Å². The molecule has 0 rings (SSSR count). The number of rotatable bonds is 2. The van der Waals surface area contributed by atoms with Crippen LogP contribution >= 0.6 is 0 Å². The van der Waals surface area contributed by atoms with Crippen LogP contribution in [0, 0.1) is 0 Å². The van der Waals surface area contributed by atoms with Crippen molar-refractivity contribution in [2.45, 2.75) is 20.8 Å². The predicted octanol–water partition coefficient (Wildman–Crippen LogP) is 1.90. The molecule has 64 valence electrons. The van der Waals surface area contributed by atoms with Crippen LogP contribution in [0.2, 0.25) is 0 Å². The Kier molecular flexibility index (Phi) is 3.52. The summed E-state index contributed by atoms with van der Waals surface area (Å²) >= 11 is 0. The van der Waals surface area contributed by atoms with Gasteiger partial charge in [0, 0.05) is 11.2 Å². The summed E-state index contributed by atoms with van der Waals surface area (Å²) in [5.41, 5.74) is 1.09. The molecule has 2 nitrogen and oxygen atoms in total. The van der Waals surface area contributed by atoms with Gasteiger partial charge in [0.1, 0.15) is 0 Å². The Morgan fingerprint density at radius 2 is 1.55 bits per heavy atom. The Morgan fingerprint density at radius 1 is 1.09 bits per heavy atom. The van der Waals surface area contributed by atoms with E-state index in [2.05, 4.69) is 0 Å². The number of allylic oxidation sites excluding steroid dienone is 4. The third-order valence-electron chi connectivity index (χ3n) is 1.24. The van der Waals surface area contributed by atoms with Gasteiger partial charge in [0.25, 0.3) is 0 Å². The van der Waals surface area contributed by atoms with E-state index in [0.29, 0.717) is 4.91 Å². The van der Waals surface area contributed by atoms with E-state index in [4.69, 9.17) is 0 Å². The molecule has 0 bridgehead atoms. The van der Waals surface area contributed by atoms with Crippen molar-refractivity contribution in [1.29, 1.82) is 0 Å². The van der Waals surface area contributed by atoms with Gasteiger partial charge in [-0.1, -0.05) is 11.6 Å². The summed E-state index contributed by atoms with van der Waals surface area (Å²) < 4.78 is 21.7. The maximum absolute atomic E-state index is 10.8. The molecule has 0 unspecified atom stereocenters. The van der Waals surface area contributed by atoms with Crippen LogP contribution in [0.1, 0.15) is 20.8 Å². The zero-order valence-corrected chi connectivity index (χ0v) is 8.20. The Bertz CT molecular complexity index is 277. The summed E-state index contributed by atoms with van der Waals surface area (Å²) in [6.45, 7) is 5.44. The minimum absolute atomic E-state index is 0.402. The predicted molar refractivity (Wildman–Crippen MR) is 48.0 cm³/mol. The van der Waals surface area contributed by atoms with Crippen LogP contribution < -0.4 is 0 Å². The van der Waals surface area contributed by atoms with Crippen molar-refractivity contribution in [3.8, 4) is 0 Å². The quantitative estimate of drug-likeness (QED) is 0.599. The molecule has 0 heterocycles. The Balaban J connectivity index is 4.64. The second-order valence-electron chi connectivity index (χ2n) is 2.79.